The SMILES string of the molecule is CCOC(CC)C(N)Cc1ccoc1. The molecule has 1 rings (SSSR count). The van der Waals surface area contributed by atoms with Gasteiger partial charge in [0.2, 0.25) is 0 Å². The van der Waals surface area contributed by atoms with Crippen LogP contribution in [-0.4, -0.2) is 18.8 Å². The van der Waals surface area contributed by atoms with Crippen molar-refractivity contribution in [1.82, 2.24) is 0 Å². The van der Waals surface area contributed by atoms with Gasteiger partial charge in [-0.05, 0) is 31.4 Å². The zero-order valence-electron chi connectivity index (χ0n) is 8.90. The van der Waals surface area contributed by atoms with E-state index in [2.05, 4.69) is 6.92 Å². The van der Waals surface area contributed by atoms with Gasteiger partial charge >= 0.3 is 0 Å². The van der Waals surface area contributed by atoms with Crippen LogP contribution in [0.3, 0.4) is 0 Å². The maximum absolute atomic E-state index is 6.04. The Bertz CT molecular complexity index is 233. The molecule has 0 saturated heterocycles. The first-order valence-electron chi connectivity index (χ1n) is 5.16. The molecular formula is C11H19NO2. The van der Waals surface area contributed by atoms with Gasteiger partial charge in [-0.1, -0.05) is 6.92 Å². The van der Waals surface area contributed by atoms with E-state index in [0.29, 0.717) is 0 Å². The van der Waals surface area contributed by atoms with Crippen LogP contribution in [0.25, 0.3) is 0 Å². The number of nitrogens with two attached hydrogens (primary N) is 1. The molecule has 3 nitrogen and oxygen atoms in total. The third kappa shape index (κ3) is 3.16. The van der Waals surface area contributed by atoms with E-state index < -0.39 is 0 Å². The van der Waals surface area contributed by atoms with E-state index >= 15 is 0 Å². The third-order valence-electron chi connectivity index (χ3n) is 2.31. The van der Waals surface area contributed by atoms with Crippen LogP contribution >= 0.6 is 0 Å². The fraction of sp³-hybridized carbons (Fsp3) is 0.636. The molecule has 0 amide bonds. The summed E-state index contributed by atoms with van der Waals surface area (Å²) in [4.78, 5) is 0. The molecule has 3 heteroatoms. The van der Waals surface area contributed by atoms with Gasteiger partial charge < -0.3 is 14.9 Å². The number of rotatable bonds is 6. The second-order valence-corrected chi connectivity index (χ2v) is 3.40. The van der Waals surface area contributed by atoms with Crippen LogP contribution in [-0.2, 0) is 11.2 Å². The van der Waals surface area contributed by atoms with Crippen LogP contribution in [0.15, 0.2) is 23.0 Å². The molecule has 0 fully saturated rings. The smallest absolute Gasteiger partial charge is 0.0935 e. The predicted octanol–water partition coefficient (Wildman–Crippen LogP) is 1.96. The monoisotopic (exact) mass is 197 g/mol. The summed E-state index contributed by atoms with van der Waals surface area (Å²) >= 11 is 0. The van der Waals surface area contributed by atoms with Gasteiger partial charge in [-0.3, -0.25) is 0 Å². The van der Waals surface area contributed by atoms with Gasteiger partial charge in [0.25, 0.3) is 0 Å². The Morgan fingerprint density at radius 3 is 2.79 bits per heavy atom. The highest BCUT2D eigenvalue weighted by atomic mass is 16.5. The molecule has 0 spiro atoms. The predicted molar refractivity (Wildman–Crippen MR) is 56.1 cm³/mol. The van der Waals surface area contributed by atoms with Crippen LogP contribution in [0, 0.1) is 0 Å². The normalized spacial score (nSPS) is 15.4. The first kappa shape index (κ1) is 11.3. The summed E-state index contributed by atoms with van der Waals surface area (Å²) in [7, 11) is 0. The van der Waals surface area contributed by atoms with Crippen molar-refractivity contribution < 1.29 is 9.15 Å². The van der Waals surface area contributed by atoms with E-state index in [9.17, 15) is 0 Å². The van der Waals surface area contributed by atoms with Gasteiger partial charge in [0.1, 0.15) is 0 Å². The zero-order chi connectivity index (χ0) is 10.4. The summed E-state index contributed by atoms with van der Waals surface area (Å²) in [6.45, 7) is 4.81. The van der Waals surface area contributed by atoms with E-state index in [1.807, 2.05) is 13.0 Å². The largest absolute Gasteiger partial charge is 0.472 e. The van der Waals surface area contributed by atoms with Crippen molar-refractivity contribution in [2.75, 3.05) is 6.61 Å². The maximum Gasteiger partial charge on any atom is 0.0935 e. The van der Waals surface area contributed by atoms with E-state index in [-0.39, 0.29) is 12.1 Å². The highest BCUT2D eigenvalue weighted by Gasteiger charge is 2.16. The average Bonchev–Trinajstić information content (AvgIpc) is 2.66. The van der Waals surface area contributed by atoms with Crippen LogP contribution in [0.2, 0.25) is 0 Å². The van der Waals surface area contributed by atoms with E-state index in [0.717, 1.165) is 25.0 Å². The summed E-state index contributed by atoms with van der Waals surface area (Å²) in [6, 6.07) is 2.00. The third-order valence-corrected chi connectivity index (χ3v) is 2.31. The lowest BCUT2D eigenvalue weighted by molar-refractivity contribution is 0.0417. The Kier molecular flexibility index (Phi) is 4.70. The second-order valence-electron chi connectivity index (χ2n) is 3.40. The molecule has 0 saturated carbocycles. The number of hydrogen-bond acceptors (Lipinski definition) is 3. The number of furan rings is 1. The van der Waals surface area contributed by atoms with Crippen molar-refractivity contribution in [1.29, 1.82) is 0 Å². The van der Waals surface area contributed by atoms with Crippen LogP contribution in [0.4, 0.5) is 0 Å². The summed E-state index contributed by atoms with van der Waals surface area (Å²) in [5.74, 6) is 0. The van der Waals surface area contributed by atoms with Gasteiger partial charge in [0.05, 0.1) is 18.6 Å². The molecule has 0 bridgehead atoms. The summed E-state index contributed by atoms with van der Waals surface area (Å²) in [5.41, 5.74) is 7.17. The molecule has 80 valence electrons. The maximum atomic E-state index is 6.04. The van der Waals surface area contributed by atoms with Gasteiger partial charge in [-0.25, -0.2) is 0 Å². The Morgan fingerprint density at radius 2 is 2.29 bits per heavy atom. The lowest BCUT2D eigenvalue weighted by Gasteiger charge is -2.21. The molecule has 2 atom stereocenters. The second kappa shape index (κ2) is 5.83. The van der Waals surface area contributed by atoms with E-state index in [1.165, 1.54) is 0 Å². The molecule has 1 aromatic heterocycles. The highest BCUT2D eigenvalue weighted by molar-refractivity contribution is 5.07. The van der Waals surface area contributed by atoms with Gasteiger partial charge in [-0.15, -0.1) is 0 Å². The van der Waals surface area contributed by atoms with Crippen LogP contribution in [0.1, 0.15) is 25.8 Å². The molecule has 0 aliphatic carbocycles. The Morgan fingerprint density at radius 1 is 1.50 bits per heavy atom. The molecule has 1 heterocycles. The Balaban J connectivity index is 2.43. The first-order valence-corrected chi connectivity index (χ1v) is 5.16. The molecule has 2 unspecified atom stereocenters. The van der Waals surface area contributed by atoms with Crippen molar-refractivity contribution in [2.24, 2.45) is 5.73 Å². The minimum atomic E-state index is 0.0533. The molecule has 0 aliphatic heterocycles. The molecule has 2 N–H and O–H groups in total. The van der Waals surface area contributed by atoms with Crippen LogP contribution in [0.5, 0.6) is 0 Å². The molecule has 1 aromatic rings. The van der Waals surface area contributed by atoms with Gasteiger partial charge in [0, 0.05) is 12.6 Å². The van der Waals surface area contributed by atoms with Gasteiger partial charge in [-0.2, -0.15) is 0 Å². The Hall–Kier alpha value is -0.800. The standard InChI is InChI=1S/C11H19NO2/c1-3-11(14-4-2)10(12)7-9-5-6-13-8-9/h5-6,8,10-11H,3-4,7,12H2,1-2H3. The molecule has 0 radical (unpaired) electrons. The molecule has 0 aromatic carbocycles. The minimum Gasteiger partial charge on any atom is -0.472 e. The quantitative estimate of drug-likeness (QED) is 0.758. The fourth-order valence-corrected chi connectivity index (χ4v) is 1.57. The van der Waals surface area contributed by atoms with Crippen molar-refractivity contribution in [3.8, 4) is 0 Å². The topological polar surface area (TPSA) is 48.4 Å². The van der Waals surface area contributed by atoms with Crippen LogP contribution < -0.4 is 5.73 Å². The van der Waals surface area contributed by atoms with E-state index in [4.69, 9.17) is 14.9 Å². The first-order chi connectivity index (χ1) is 6.77. The van der Waals surface area contributed by atoms with Crippen molar-refractivity contribution in [2.45, 2.75) is 38.8 Å². The van der Waals surface area contributed by atoms with Crippen molar-refractivity contribution in [3.63, 3.8) is 0 Å². The van der Waals surface area contributed by atoms with Crippen molar-refractivity contribution >= 4 is 0 Å². The molecule has 0 aliphatic rings. The molecular weight excluding hydrogens is 178 g/mol. The highest BCUT2D eigenvalue weighted by Crippen LogP contribution is 2.09. The Labute approximate surface area is 85.2 Å². The summed E-state index contributed by atoms with van der Waals surface area (Å²) in [5, 5.41) is 0. The molecule has 14 heavy (non-hydrogen) atoms. The fourth-order valence-electron chi connectivity index (χ4n) is 1.57. The summed E-state index contributed by atoms with van der Waals surface area (Å²) < 4.78 is 10.5. The zero-order valence-corrected chi connectivity index (χ0v) is 8.90. The van der Waals surface area contributed by atoms with E-state index in [1.54, 1.807) is 12.5 Å². The summed E-state index contributed by atoms with van der Waals surface area (Å²) in [6.07, 6.45) is 5.32. The lowest BCUT2D eigenvalue weighted by atomic mass is 10.0. The number of hydrogen-bond donors (Lipinski definition) is 1. The number of ether oxygens (including phenoxy) is 1. The van der Waals surface area contributed by atoms with Crippen molar-refractivity contribution in [3.05, 3.63) is 24.2 Å². The van der Waals surface area contributed by atoms with Gasteiger partial charge in [0.15, 0.2) is 0 Å². The average molecular weight is 197 g/mol. The lowest BCUT2D eigenvalue weighted by Crippen LogP contribution is -2.38. The minimum absolute atomic E-state index is 0.0533.